The molecule has 3 rings (SSSR count). The third-order valence-corrected chi connectivity index (χ3v) is 5.12. The third kappa shape index (κ3) is 4.42. The van der Waals surface area contributed by atoms with Gasteiger partial charge in [0, 0.05) is 11.4 Å². The van der Waals surface area contributed by atoms with Crippen LogP contribution in [-0.4, -0.2) is 45.1 Å². The van der Waals surface area contributed by atoms with E-state index in [1.165, 1.54) is 4.90 Å². The lowest BCUT2D eigenvalue weighted by Gasteiger charge is -2.09. The fourth-order valence-corrected chi connectivity index (χ4v) is 3.30. The van der Waals surface area contributed by atoms with Gasteiger partial charge < -0.3 is 16.0 Å². The summed E-state index contributed by atoms with van der Waals surface area (Å²) in [7, 11) is -4.23. The van der Waals surface area contributed by atoms with Gasteiger partial charge in [-0.25, -0.2) is 5.26 Å². The zero-order chi connectivity index (χ0) is 18.9. The lowest BCUT2D eigenvalue weighted by molar-refractivity contribution is -0.432. The maximum Gasteiger partial charge on any atom is 0.288 e. The molecule has 0 bridgehead atoms. The molecular weight excluding hydrogens is 412 g/mol. The van der Waals surface area contributed by atoms with Crippen molar-refractivity contribution in [2.75, 3.05) is 22.5 Å². The Morgan fingerprint density at radius 2 is 2.15 bits per heavy atom. The number of nitrogens with zero attached hydrogens (tertiary/aromatic N) is 4. The first-order valence-electron chi connectivity index (χ1n) is 6.74. The van der Waals surface area contributed by atoms with Crippen LogP contribution < -0.4 is 16.0 Å². The lowest BCUT2D eigenvalue weighted by atomic mass is 10.3. The maximum absolute atomic E-state index is 11.1. The van der Waals surface area contributed by atoms with Gasteiger partial charge in [0.15, 0.2) is 5.37 Å². The highest BCUT2D eigenvalue weighted by molar-refractivity contribution is 7.94. The Kier molecular flexibility index (Phi) is 5.33. The van der Waals surface area contributed by atoms with Gasteiger partial charge in [-0.2, -0.15) is 23.4 Å². The minimum Gasteiger partial charge on any atom is -0.398 e. The molecule has 0 spiro atoms. The lowest BCUT2D eigenvalue weighted by Crippen LogP contribution is -2.14. The average Bonchev–Trinajstić information content (AvgIpc) is 3.34. The quantitative estimate of drug-likeness (QED) is 0.126. The Balaban J connectivity index is 1.77. The minimum atomic E-state index is -4.23. The second-order valence-electron chi connectivity index (χ2n) is 4.95. The van der Waals surface area contributed by atoms with Crippen LogP contribution in [0.4, 0.5) is 23.3 Å². The van der Waals surface area contributed by atoms with Crippen molar-refractivity contribution in [3.8, 4) is 0 Å². The number of halogens is 1. The average molecular weight is 423 g/mol. The zero-order valence-electron chi connectivity index (χ0n) is 12.6. The molecule has 0 saturated carbocycles. The zero-order valence-corrected chi connectivity index (χ0v) is 15.0. The summed E-state index contributed by atoms with van der Waals surface area (Å²) in [5.41, 5.74) is 6.66. The third-order valence-electron chi connectivity index (χ3n) is 3.18. The van der Waals surface area contributed by atoms with Crippen molar-refractivity contribution >= 4 is 57.0 Å². The standard InChI is InChI=1S/C11H11ClN6O6S2/c12-9-15-10(17-11(16-9)18-4-8(18)26(20,21)22)14-5-1-2-7(6(13)3-5)25-24-23-19/h1-3,8,19H,4,13H2,(H,20,21,22)(H,14,15,16,17). The Morgan fingerprint density at radius 3 is 2.77 bits per heavy atom. The van der Waals surface area contributed by atoms with E-state index in [1.54, 1.807) is 18.2 Å². The molecule has 12 nitrogen and oxygen atoms in total. The van der Waals surface area contributed by atoms with E-state index in [9.17, 15) is 8.42 Å². The molecule has 2 heterocycles. The fraction of sp³-hybridized carbons (Fsp3) is 0.182. The van der Waals surface area contributed by atoms with Gasteiger partial charge in [-0.1, -0.05) is 5.04 Å². The Bertz CT molecular complexity index is 931. The molecule has 1 saturated heterocycles. The predicted octanol–water partition coefficient (Wildman–Crippen LogP) is 1.31. The van der Waals surface area contributed by atoms with E-state index in [0.29, 0.717) is 28.3 Å². The summed E-state index contributed by atoms with van der Waals surface area (Å²) in [6, 6.07) is 4.75. The monoisotopic (exact) mass is 422 g/mol. The van der Waals surface area contributed by atoms with E-state index < -0.39 is 15.5 Å². The number of anilines is 4. The highest BCUT2D eigenvalue weighted by Crippen LogP contribution is 2.31. The first-order chi connectivity index (χ1) is 12.3. The first kappa shape index (κ1) is 18.8. The Labute approximate surface area is 156 Å². The molecule has 0 amide bonds. The number of hydrogen-bond donors (Lipinski definition) is 4. The molecule has 5 N–H and O–H groups in total. The molecule has 1 aliphatic heterocycles. The summed E-state index contributed by atoms with van der Waals surface area (Å²) in [5, 5.41) is 13.2. The number of nitrogens with one attached hydrogen (secondary N) is 1. The van der Waals surface area contributed by atoms with Crippen LogP contribution in [0.25, 0.3) is 0 Å². The van der Waals surface area contributed by atoms with Crippen molar-refractivity contribution in [1.82, 2.24) is 15.0 Å². The van der Waals surface area contributed by atoms with Crippen LogP contribution in [0.2, 0.25) is 5.28 Å². The summed E-state index contributed by atoms with van der Waals surface area (Å²) in [4.78, 5) is 13.5. The molecule has 1 aromatic heterocycles. The Morgan fingerprint density at radius 1 is 1.38 bits per heavy atom. The number of hydrogen-bond acceptors (Lipinski definition) is 12. The predicted molar refractivity (Wildman–Crippen MR) is 92.3 cm³/mol. The first-order valence-corrected chi connectivity index (χ1v) is 9.36. The van der Waals surface area contributed by atoms with Gasteiger partial charge in [0.2, 0.25) is 17.2 Å². The number of nitrogen functional groups attached to an aromatic ring is 1. The SMILES string of the molecule is Nc1cc(Nc2nc(Cl)nc(N3CC3S(=O)(=O)O)n2)ccc1SOOO. The van der Waals surface area contributed by atoms with Gasteiger partial charge in [0.25, 0.3) is 10.1 Å². The van der Waals surface area contributed by atoms with Crippen LogP contribution in [0.15, 0.2) is 23.1 Å². The largest absolute Gasteiger partial charge is 0.398 e. The van der Waals surface area contributed by atoms with Gasteiger partial charge in [0.05, 0.1) is 23.5 Å². The molecule has 0 radical (unpaired) electrons. The number of aromatic nitrogens is 3. The summed E-state index contributed by atoms with van der Waals surface area (Å²) in [5.74, 6) is 0.0551. The van der Waals surface area contributed by atoms with E-state index in [2.05, 4.69) is 29.6 Å². The van der Waals surface area contributed by atoms with E-state index in [0.717, 1.165) is 0 Å². The number of benzene rings is 1. The van der Waals surface area contributed by atoms with Crippen molar-refractivity contribution in [3.63, 3.8) is 0 Å². The second-order valence-corrected chi connectivity index (χ2v) is 7.61. The van der Waals surface area contributed by atoms with Gasteiger partial charge in [-0.15, -0.1) is 4.33 Å². The van der Waals surface area contributed by atoms with Crippen LogP contribution in [-0.2, 0) is 19.5 Å². The molecule has 1 unspecified atom stereocenters. The number of rotatable bonds is 7. The summed E-state index contributed by atoms with van der Waals surface area (Å²) < 4.78 is 35.6. The van der Waals surface area contributed by atoms with Crippen molar-refractivity contribution in [2.24, 2.45) is 0 Å². The van der Waals surface area contributed by atoms with Crippen LogP contribution in [0, 0.1) is 0 Å². The van der Waals surface area contributed by atoms with Gasteiger partial charge in [-0.05, 0) is 29.8 Å². The molecule has 140 valence electrons. The topological polar surface area (TPSA) is 173 Å². The Hall–Kier alpha value is -1.94. The van der Waals surface area contributed by atoms with Crippen molar-refractivity contribution in [1.29, 1.82) is 0 Å². The molecule has 15 heteroatoms. The van der Waals surface area contributed by atoms with Crippen molar-refractivity contribution in [3.05, 3.63) is 23.5 Å². The van der Waals surface area contributed by atoms with Crippen LogP contribution in [0.5, 0.6) is 0 Å². The normalized spacial score (nSPS) is 16.6. The van der Waals surface area contributed by atoms with Crippen LogP contribution in [0.1, 0.15) is 0 Å². The van der Waals surface area contributed by atoms with Crippen molar-refractivity contribution < 1.29 is 27.6 Å². The molecule has 1 aromatic carbocycles. The van der Waals surface area contributed by atoms with E-state index >= 15 is 0 Å². The minimum absolute atomic E-state index is 0.00349. The van der Waals surface area contributed by atoms with Crippen molar-refractivity contribution in [2.45, 2.75) is 10.3 Å². The van der Waals surface area contributed by atoms with Gasteiger partial charge in [0.1, 0.15) is 0 Å². The summed E-state index contributed by atoms with van der Waals surface area (Å²) in [6.07, 6.45) is 0. The van der Waals surface area contributed by atoms with E-state index in [1.807, 2.05) is 0 Å². The second kappa shape index (κ2) is 7.36. The highest BCUT2D eigenvalue weighted by atomic mass is 35.5. The maximum atomic E-state index is 11.1. The van der Waals surface area contributed by atoms with Gasteiger partial charge in [-0.3, -0.25) is 4.55 Å². The molecule has 1 atom stereocenters. The highest BCUT2D eigenvalue weighted by Gasteiger charge is 2.46. The smallest absolute Gasteiger partial charge is 0.288 e. The van der Waals surface area contributed by atoms with E-state index in [4.69, 9.17) is 27.1 Å². The fourth-order valence-electron chi connectivity index (χ4n) is 1.99. The number of nitrogens with two attached hydrogens (primary N) is 1. The summed E-state index contributed by atoms with van der Waals surface area (Å²) in [6.45, 7) is 0.0460. The molecule has 2 aromatic rings. The molecule has 26 heavy (non-hydrogen) atoms. The molecule has 1 fully saturated rings. The summed E-state index contributed by atoms with van der Waals surface area (Å²) >= 11 is 6.55. The van der Waals surface area contributed by atoms with Gasteiger partial charge >= 0.3 is 0 Å². The molecular formula is C11H11ClN6O6S2. The molecule has 1 aliphatic rings. The van der Waals surface area contributed by atoms with Crippen LogP contribution >= 0.6 is 23.6 Å². The van der Waals surface area contributed by atoms with E-state index in [-0.39, 0.29) is 23.7 Å². The molecule has 0 aliphatic carbocycles. The van der Waals surface area contributed by atoms with Crippen LogP contribution in [0.3, 0.4) is 0 Å².